The number of benzene rings is 1. The van der Waals surface area contributed by atoms with Crippen LogP contribution in [0.5, 0.6) is 0 Å². The van der Waals surface area contributed by atoms with E-state index in [1.54, 1.807) is 20.8 Å². The Morgan fingerprint density at radius 2 is 1.82 bits per heavy atom. The molecule has 1 unspecified atom stereocenters. The maximum Gasteiger partial charge on any atom is 0.351 e. The molecule has 94 valence electrons. The van der Waals surface area contributed by atoms with E-state index in [0.29, 0.717) is 0 Å². The molecule has 0 aliphatic rings. The highest BCUT2D eigenvalue weighted by molar-refractivity contribution is 5.77. The van der Waals surface area contributed by atoms with E-state index in [-0.39, 0.29) is 6.42 Å². The second-order valence-electron chi connectivity index (χ2n) is 5.07. The van der Waals surface area contributed by atoms with E-state index in [1.165, 1.54) is 0 Å². The van der Waals surface area contributed by atoms with Crippen molar-refractivity contribution in [3.05, 3.63) is 35.9 Å². The smallest absolute Gasteiger partial charge is 0.351 e. The minimum Gasteiger partial charge on any atom is -0.478 e. The normalized spacial score (nSPS) is 15.3. The molecule has 0 radical (unpaired) electrons. The fourth-order valence-electron chi connectivity index (χ4n) is 1.60. The summed E-state index contributed by atoms with van der Waals surface area (Å²) in [5.41, 5.74) is 4.37. The monoisotopic (exact) mass is 237 g/mol. The predicted octanol–water partition coefficient (Wildman–Crippen LogP) is 1.78. The van der Waals surface area contributed by atoms with Crippen molar-refractivity contribution in [2.45, 2.75) is 38.5 Å². The maximum absolute atomic E-state index is 11.3. The largest absolute Gasteiger partial charge is 0.478 e. The molecule has 1 atom stereocenters. The zero-order chi connectivity index (χ0) is 13.1. The molecule has 1 aromatic rings. The Labute approximate surface area is 101 Å². The zero-order valence-corrected chi connectivity index (χ0v) is 10.4. The summed E-state index contributed by atoms with van der Waals surface area (Å²) in [5, 5.41) is 9.21. The summed E-state index contributed by atoms with van der Waals surface area (Å²) in [4.78, 5) is 11.3. The van der Waals surface area contributed by atoms with Crippen molar-refractivity contribution < 1.29 is 14.6 Å². The van der Waals surface area contributed by atoms with Gasteiger partial charge in [0.1, 0.15) is 0 Å². The van der Waals surface area contributed by atoms with Gasteiger partial charge in [0.2, 0.25) is 5.72 Å². The van der Waals surface area contributed by atoms with E-state index in [4.69, 9.17) is 10.5 Å². The number of carboxylic acid groups (broad SMARTS) is 1. The minimum atomic E-state index is -1.69. The van der Waals surface area contributed by atoms with Gasteiger partial charge in [-0.15, -0.1) is 0 Å². The number of carboxylic acids is 1. The number of hydrogen-bond acceptors (Lipinski definition) is 3. The van der Waals surface area contributed by atoms with E-state index >= 15 is 0 Å². The van der Waals surface area contributed by atoms with Crippen LogP contribution in [-0.2, 0) is 16.0 Å². The molecule has 0 saturated heterocycles. The van der Waals surface area contributed by atoms with Crippen LogP contribution in [0.1, 0.15) is 26.3 Å². The lowest BCUT2D eigenvalue weighted by Gasteiger charge is -2.33. The van der Waals surface area contributed by atoms with Crippen molar-refractivity contribution in [1.29, 1.82) is 0 Å². The summed E-state index contributed by atoms with van der Waals surface area (Å²) < 4.78 is 5.47. The third-order valence-corrected chi connectivity index (χ3v) is 2.16. The van der Waals surface area contributed by atoms with Gasteiger partial charge in [-0.3, -0.25) is 5.73 Å². The van der Waals surface area contributed by atoms with Crippen molar-refractivity contribution in [3.8, 4) is 0 Å². The number of aliphatic carboxylic acids is 1. The lowest BCUT2D eigenvalue weighted by Crippen LogP contribution is -2.55. The molecule has 0 aromatic heterocycles. The average molecular weight is 237 g/mol. The van der Waals surface area contributed by atoms with Gasteiger partial charge in [-0.05, 0) is 26.3 Å². The van der Waals surface area contributed by atoms with Crippen molar-refractivity contribution in [1.82, 2.24) is 0 Å². The number of hydrogen-bond donors (Lipinski definition) is 2. The molecule has 0 fully saturated rings. The molecule has 4 heteroatoms. The first-order valence-electron chi connectivity index (χ1n) is 5.49. The average Bonchev–Trinajstić information content (AvgIpc) is 2.15. The van der Waals surface area contributed by atoms with E-state index in [1.807, 2.05) is 30.3 Å². The van der Waals surface area contributed by atoms with Gasteiger partial charge in [0.05, 0.1) is 5.60 Å². The molecule has 3 N–H and O–H groups in total. The van der Waals surface area contributed by atoms with Gasteiger partial charge in [0, 0.05) is 6.42 Å². The topological polar surface area (TPSA) is 72.5 Å². The van der Waals surface area contributed by atoms with Crippen molar-refractivity contribution >= 4 is 5.97 Å². The summed E-state index contributed by atoms with van der Waals surface area (Å²) in [6.45, 7) is 5.34. The Balaban J connectivity index is 2.90. The number of rotatable bonds is 4. The summed E-state index contributed by atoms with van der Waals surface area (Å²) in [6.07, 6.45) is 0.139. The van der Waals surface area contributed by atoms with Crippen LogP contribution < -0.4 is 5.73 Å². The number of carbonyl (C=O) groups is 1. The highest BCUT2D eigenvalue weighted by Crippen LogP contribution is 2.20. The summed E-state index contributed by atoms with van der Waals surface area (Å²) in [7, 11) is 0. The fourth-order valence-corrected chi connectivity index (χ4v) is 1.60. The van der Waals surface area contributed by atoms with Gasteiger partial charge in [0.15, 0.2) is 0 Å². The second kappa shape index (κ2) is 4.85. The Hall–Kier alpha value is -1.39. The van der Waals surface area contributed by atoms with Gasteiger partial charge >= 0.3 is 5.97 Å². The Kier molecular flexibility index (Phi) is 3.91. The molecular weight excluding hydrogens is 218 g/mol. The molecule has 1 aromatic carbocycles. The first-order chi connectivity index (χ1) is 7.73. The fraction of sp³-hybridized carbons (Fsp3) is 0.462. The Morgan fingerprint density at radius 3 is 2.24 bits per heavy atom. The molecule has 0 spiro atoms. The third kappa shape index (κ3) is 4.17. The van der Waals surface area contributed by atoms with E-state index in [2.05, 4.69) is 0 Å². The van der Waals surface area contributed by atoms with Crippen LogP contribution in [0.3, 0.4) is 0 Å². The Morgan fingerprint density at radius 1 is 1.29 bits per heavy atom. The number of nitrogens with two attached hydrogens (primary N) is 1. The van der Waals surface area contributed by atoms with Gasteiger partial charge in [0.25, 0.3) is 0 Å². The molecule has 0 amide bonds. The first-order valence-corrected chi connectivity index (χ1v) is 5.49. The quantitative estimate of drug-likeness (QED) is 0.783. The minimum absolute atomic E-state index is 0.139. The van der Waals surface area contributed by atoms with Crippen molar-refractivity contribution in [2.24, 2.45) is 5.73 Å². The van der Waals surface area contributed by atoms with Gasteiger partial charge in [-0.2, -0.15) is 0 Å². The van der Waals surface area contributed by atoms with Crippen LogP contribution in [0, 0.1) is 0 Å². The summed E-state index contributed by atoms with van der Waals surface area (Å²) >= 11 is 0. The van der Waals surface area contributed by atoms with E-state index in [9.17, 15) is 9.90 Å². The van der Waals surface area contributed by atoms with Crippen LogP contribution in [0.2, 0.25) is 0 Å². The molecular formula is C13H19NO3. The van der Waals surface area contributed by atoms with Crippen LogP contribution >= 0.6 is 0 Å². The van der Waals surface area contributed by atoms with Gasteiger partial charge < -0.3 is 9.84 Å². The SMILES string of the molecule is CC(C)(C)OC(N)(Cc1ccccc1)C(=O)O. The Bertz CT molecular complexity index is 383. The maximum atomic E-state index is 11.3. The van der Waals surface area contributed by atoms with Crippen molar-refractivity contribution in [2.75, 3.05) is 0 Å². The van der Waals surface area contributed by atoms with E-state index < -0.39 is 17.3 Å². The van der Waals surface area contributed by atoms with Crippen LogP contribution in [-0.4, -0.2) is 22.4 Å². The predicted molar refractivity (Wildman–Crippen MR) is 65.5 cm³/mol. The van der Waals surface area contributed by atoms with Crippen molar-refractivity contribution in [3.63, 3.8) is 0 Å². The lowest BCUT2D eigenvalue weighted by atomic mass is 10.0. The van der Waals surface area contributed by atoms with Gasteiger partial charge in [-0.25, -0.2) is 4.79 Å². The van der Waals surface area contributed by atoms with Crippen LogP contribution in [0.4, 0.5) is 0 Å². The lowest BCUT2D eigenvalue weighted by molar-refractivity contribution is -0.183. The third-order valence-electron chi connectivity index (χ3n) is 2.16. The molecule has 0 bridgehead atoms. The summed E-state index contributed by atoms with van der Waals surface area (Å²) in [6, 6.07) is 9.21. The highest BCUT2D eigenvalue weighted by Gasteiger charge is 2.39. The van der Waals surface area contributed by atoms with Crippen LogP contribution in [0.25, 0.3) is 0 Å². The molecule has 4 nitrogen and oxygen atoms in total. The molecule has 0 aliphatic carbocycles. The molecule has 17 heavy (non-hydrogen) atoms. The van der Waals surface area contributed by atoms with E-state index in [0.717, 1.165) is 5.56 Å². The standard InChI is InChI=1S/C13H19NO3/c1-12(2,3)17-13(14,11(15)16)9-10-7-5-4-6-8-10/h4-8H,9,14H2,1-3H3,(H,15,16). The molecule has 1 rings (SSSR count). The molecule has 0 aliphatic heterocycles. The van der Waals surface area contributed by atoms with Crippen LogP contribution in [0.15, 0.2) is 30.3 Å². The molecule has 0 heterocycles. The number of ether oxygens (including phenoxy) is 1. The molecule has 0 saturated carbocycles. The first kappa shape index (κ1) is 13.7. The van der Waals surface area contributed by atoms with Gasteiger partial charge in [-0.1, -0.05) is 30.3 Å². The second-order valence-corrected chi connectivity index (χ2v) is 5.07. The summed E-state index contributed by atoms with van der Waals surface area (Å²) in [5.74, 6) is -1.16. The highest BCUT2D eigenvalue weighted by atomic mass is 16.6. The zero-order valence-electron chi connectivity index (χ0n) is 10.4.